The number of amides is 1. The van der Waals surface area contributed by atoms with Crippen molar-refractivity contribution in [3.8, 4) is 5.75 Å². The van der Waals surface area contributed by atoms with Crippen LogP contribution in [0.5, 0.6) is 5.75 Å². The smallest absolute Gasteiger partial charge is 0.410 e. The summed E-state index contributed by atoms with van der Waals surface area (Å²) in [6, 6.07) is 10.5. The van der Waals surface area contributed by atoms with Gasteiger partial charge in [-0.2, -0.15) is 5.10 Å². The Bertz CT molecular complexity index is 479. The predicted molar refractivity (Wildman–Crippen MR) is 59.3 cm³/mol. The summed E-state index contributed by atoms with van der Waals surface area (Å²) in [5, 5.41) is 6.52. The number of rotatable bonds is 2. The molecule has 1 heterocycles. The van der Waals surface area contributed by atoms with E-state index in [1.807, 2.05) is 6.07 Å². The van der Waals surface area contributed by atoms with Gasteiger partial charge in [-0.05, 0) is 12.1 Å². The van der Waals surface area contributed by atoms with Crippen molar-refractivity contribution in [3.63, 3.8) is 0 Å². The molecular weight excluding hydrogens is 206 g/mol. The number of benzene rings is 1. The zero-order valence-corrected chi connectivity index (χ0v) is 8.75. The molecule has 0 fully saturated rings. The highest BCUT2D eigenvalue weighted by molar-refractivity contribution is 5.84. The fraction of sp³-hybridized carbons (Fsp3) is 0.0909. The van der Waals surface area contributed by atoms with Crippen LogP contribution in [0.15, 0.2) is 42.6 Å². The number of carbonyl (C=O) groups is 1. The Morgan fingerprint density at radius 3 is 2.69 bits per heavy atom. The van der Waals surface area contributed by atoms with Crippen molar-refractivity contribution in [1.82, 2.24) is 9.78 Å². The molecule has 1 aromatic heterocycles. The average molecular weight is 217 g/mol. The molecule has 0 bridgehead atoms. The largest absolute Gasteiger partial charge is 0.418 e. The highest BCUT2D eigenvalue weighted by Gasteiger charge is 2.05. The van der Waals surface area contributed by atoms with Crippen LogP contribution in [0.2, 0.25) is 0 Å². The highest BCUT2D eigenvalue weighted by atomic mass is 16.6. The van der Waals surface area contributed by atoms with E-state index in [2.05, 4.69) is 10.4 Å². The van der Waals surface area contributed by atoms with Gasteiger partial charge in [-0.15, -0.1) is 0 Å². The molecule has 1 amide bonds. The van der Waals surface area contributed by atoms with Crippen LogP contribution >= 0.6 is 0 Å². The van der Waals surface area contributed by atoms with Gasteiger partial charge in [0.1, 0.15) is 5.75 Å². The Balaban J connectivity index is 1.95. The first-order valence-corrected chi connectivity index (χ1v) is 4.77. The van der Waals surface area contributed by atoms with Crippen molar-refractivity contribution in [3.05, 3.63) is 42.6 Å². The molecule has 2 rings (SSSR count). The number of nitrogens with zero attached hydrogens (tertiary/aromatic N) is 2. The maximum Gasteiger partial charge on any atom is 0.418 e. The van der Waals surface area contributed by atoms with E-state index in [9.17, 15) is 4.79 Å². The zero-order chi connectivity index (χ0) is 11.4. The first-order valence-electron chi connectivity index (χ1n) is 4.77. The maximum absolute atomic E-state index is 11.4. The van der Waals surface area contributed by atoms with E-state index in [-0.39, 0.29) is 0 Å². The minimum Gasteiger partial charge on any atom is -0.410 e. The third-order valence-corrected chi connectivity index (χ3v) is 1.90. The van der Waals surface area contributed by atoms with Crippen LogP contribution in [0.1, 0.15) is 0 Å². The fourth-order valence-corrected chi connectivity index (χ4v) is 1.21. The second-order valence-electron chi connectivity index (χ2n) is 3.20. The Labute approximate surface area is 92.7 Å². The van der Waals surface area contributed by atoms with Crippen LogP contribution in [-0.4, -0.2) is 15.9 Å². The van der Waals surface area contributed by atoms with Crippen molar-refractivity contribution >= 4 is 11.9 Å². The van der Waals surface area contributed by atoms with Crippen molar-refractivity contribution in [2.45, 2.75) is 0 Å². The Morgan fingerprint density at radius 1 is 1.31 bits per heavy atom. The van der Waals surface area contributed by atoms with E-state index in [1.54, 1.807) is 48.3 Å². The lowest BCUT2D eigenvalue weighted by atomic mass is 10.3. The van der Waals surface area contributed by atoms with Crippen molar-refractivity contribution in [2.24, 2.45) is 7.05 Å². The molecule has 2 aromatic rings. The van der Waals surface area contributed by atoms with Gasteiger partial charge in [0.2, 0.25) is 0 Å². The molecule has 82 valence electrons. The lowest BCUT2D eigenvalue weighted by Gasteiger charge is -2.03. The molecule has 0 aliphatic carbocycles. The molecule has 1 aromatic carbocycles. The van der Waals surface area contributed by atoms with Crippen LogP contribution in [0.25, 0.3) is 0 Å². The molecule has 0 radical (unpaired) electrons. The summed E-state index contributed by atoms with van der Waals surface area (Å²) in [5.74, 6) is 0.958. The van der Waals surface area contributed by atoms with E-state index in [0.29, 0.717) is 11.6 Å². The summed E-state index contributed by atoms with van der Waals surface area (Å²) in [6.07, 6.45) is 1.18. The number of aromatic nitrogens is 2. The summed E-state index contributed by atoms with van der Waals surface area (Å²) in [5.41, 5.74) is 0. The molecule has 0 spiro atoms. The van der Waals surface area contributed by atoms with Crippen molar-refractivity contribution < 1.29 is 9.53 Å². The molecule has 0 saturated carbocycles. The molecule has 1 N–H and O–H groups in total. The molecule has 0 saturated heterocycles. The monoisotopic (exact) mass is 217 g/mol. The molecule has 0 unspecified atom stereocenters. The average Bonchev–Trinajstić information content (AvgIpc) is 2.65. The minimum absolute atomic E-state index is 0.462. The summed E-state index contributed by atoms with van der Waals surface area (Å²) in [4.78, 5) is 11.4. The Hall–Kier alpha value is -2.30. The van der Waals surface area contributed by atoms with Crippen LogP contribution in [0, 0.1) is 0 Å². The number of hydrogen-bond donors (Lipinski definition) is 1. The summed E-state index contributed by atoms with van der Waals surface area (Å²) >= 11 is 0. The third kappa shape index (κ3) is 2.60. The minimum atomic E-state index is -0.551. The van der Waals surface area contributed by atoms with Gasteiger partial charge in [-0.1, -0.05) is 18.2 Å². The fourth-order valence-electron chi connectivity index (χ4n) is 1.21. The number of nitrogens with one attached hydrogen (secondary N) is 1. The number of anilines is 1. The quantitative estimate of drug-likeness (QED) is 0.837. The van der Waals surface area contributed by atoms with E-state index in [0.717, 1.165) is 0 Å². The molecule has 5 nitrogen and oxygen atoms in total. The topological polar surface area (TPSA) is 56.2 Å². The molecule has 16 heavy (non-hydrogen) atoms. The van der Waals surface area contributed by atoms with E-state index >= 15 is 0 Å². The number of hydrogen-bond acceptors (Lipinski definition) is 3. The van der Waals surface area contributed by atoms with Gasteiger partial charge in [0.15, 0.2) is 5.82 Å². The van der Waals surface area contributed by atoms with Gasteiger partial charge in [0.25, 0.3) is 0 Å². The summed E-state index contributed by atoms with van der Waals surface area (Å²) in [7, 11) is 1.77. The second kappa shape index (κ2) is 4.48. The number of carbonyl (C=O) groups excluding carboxylic acids is 1. The first-order chi connectivity index (χ1) is 7.74. The van der Waals surface area contributed by atoms with E-state index in [4.69, 9.17) is 4.74 Å². The number of para-hydroxylation sites is 1. The van der Waals surface area contributed by atoms with Gasteiger partial charge >= 0.3 is 6.09 Å². The van der Waals surface area contributed by atoms with Gasteiger partial charge in [-0.25, -0.2) is 4.79 Å². The van der Waals surface area contributed by atoms with Crippen LogP contribution in [-0.2, 0) is 7.05 Å². The number of aryl methyl sites for hydroxylation is 1. The SMILES string of the molecule is Cn1ccc(NC(=O)Oc2ccccc2)n1. The summed E-state index contributed by atoms with van der Waals surface area (Å²) in [6.45, 7) is 0. The van der Waals surface area contributed by atoms with Crippen molar-refractivity contribution in [1.29, 1.82) is 0 Å². The van der Waals surface area contributed by atoms with Crippen LogP contribution < -0.4 is 10.1 Å². The van der Waals surface area contributed by atoms with Crippen molar-refractivity contribution in [2.75, 3.05) is 5.32 Å². The molecule has 0 aliphatic rings. The van der Waals surface area contributed by atoms with E-state index in [1.165, 1.54) is 0 Å². The second-order valence-corrected chi connectivity index (χ2v) is 3.20. The molecular formula is C11H11N3O2. The first kappa shape index (κ1) is 10.2. The molecule has 0 aliphatic heterocycles. The van der Waals surface area contributed by atoms with Gasteiger partial charge in [-0.3, -0.25) is 10.00 Å². The lowest BCUT2D eigenvalue weighted by Crippen LogP contribution is -2.17. The number of ether oxygens (including phenoxy) is 1. The van der Waals surface area contributed by atoms with Gasteiger partial charge in [0, 0.05) is 19.3 Å². The van der Waals surface area contributed by atoms with Crippen LogP contribution in [0.3, 0.4) is 0 Å². The molecule has 0 atom stereocenters. The van der Waals surface area contributed by atoms with E-state index < -0.39 is 6.09 Å². The van der Waals surface area contributed by atoms with Crippen LogP contribution in [0.4, 0.5) is 10.6 Å². The lowest BCUT2D eigenvalue weighted by molar-refractivity contribution is 0.215. The van der Waals surface area contributed by atoms with Gasteiger partial charge in [0.05, 0.1) is 0 Å². The summed E-state index contributed by atoms with van der Waals surface area (Å²) < 4.78 is 6.62. The predicted octanol–water partition coefficient (Wildman–Crippen LogP) is 2.03. The van der Waals surface area contributed by atoms with Gasteiger partial charge < -0.3 is 4.74 Å². The maximum atomic E-state index is 11.4. The highest BCUT2D eigenvalue weighted by Crippen LogP contribution is 2.09. The zero-order valence-electron chi connectivity index (χ0n) is 8.75. The standard InChI is InChI=1S/C11H11N3O2/c1-14-8-7-10(13-14)12-11(15)16-9-5-3-2-4-6-9/h2-8H,1H3,(H,12,13,15). The Morgan fingerprint density at radius 2 is 2.06 bits per heavy atom. The molecule has 5 heteroatoms. The Kier molecular flexibility index (Phi) is 2.86. The third-order valence-electron chi connectivity index (χ3n) is 1.90. The normalized spacial score (nSPS) is 9.81.